The summed E-state index contributed by atoms with van der Waals surface area (Å²) in [6, 6.07) is 0. The van der Waals surface area contributed by atoms with E-state index in [-0.39, 0.29) is 13.0 Å². The van der Waals surface area contributed by atoms with Crippen molar-refractivity contribution in [3.05, 3.63) is 12.2 Å². The maximum absolute atomic E-state index is 12.5. The molecule has 2 nitrogen and oxygen atoms in total. The molecule has 0 atom stereocenters. The van der Waals surface area contributed by atoms with E-state index in [1.165, 1.54) is 0 Å². The van der Waals surface area contributed by atoms with Crippen LogP contribution in [-0.4, -0.2) is 28.8 Å². The molecule has 0 unspecified atom stereocenters. The van der Waals surface area contributed by atoms with Crippen molar-refractivity contribution in [3.63, 3.8) is 0 Å². The van der Waals surface area contributed by atoms with Gasteiger partial charge in [0.2, 0.25) is 0 Å². The number of aliphatic carboxylic acids is 1. The molecule has 0 aromatic heterocycles. The van der Waals surface area contributed by atoms with E-state index in [1.807, 2.05) is 0 Å². The van der Waals surface area contributed by atoms with Crippen molar-refractivity contribution in [2.24, 2.45) is 0 Å². The lowest BCUT2D eigenvalue weighted by molar-refractivity contribution is -0.284. The molecule has 0 aromatic carbocycles. The van der Waals surface area contributed by atoms with Gasteiger partial charge in [-0.3, -0.25) is 0 Å². The van der Waals surface area contributed by atoms with Crippen molar-refractivity contribution in [1.29, 1.82) is 0 Å². The van der Waals surface area contributed by atoms with Crippen LogP contribution in [0.1, 0.15) is 6.92 Å². The van der Waals surface area contributed by atoms with Gasteiger partial charge in [0.15, 0.2) is 0 Å². The van der Waals surface area contributed by atoms with Crippen LogP contribution < -0.4 is 0 Å². The number of carboxylic acids is 1. The quantitative estimate of drug-likeness (QED) is 0.601. The number of alkyl halides is 6. The van der Waals surface area contributed by atoms with Gasteiger partial charge in [-0.1, -0.05) is 0 Å². The molecular formula is C7H6F6O2. The van der Waals surface area contributed by atoms with E-state index in [0.29, 0.717) is 0 Å². The first kappa shape index (κ1) is 13.8. The van der Waals surface area contributed by atoms with E-state index in [1.54, 1.807) is 0 Å². The summed E-state index contributed by atoms with van der Waals surface area (Å²) in [5.41, 5.74) is 0. The van der Waals surface area contributed by atoms with Crippen molar-refractivity contribution in [1.82, 2.24) is 0 Å². The predicted molar refractivity (Wildman–Crippen MR) is 37.3 cm³/mol. The Labute approximate surface area is 80.2 Å². The van der Waals surface area contributed by atoms with Crippen LogP contribution in [0.25, 0.3) is 0 Å². The standard InChI is InChI=1S/C7H6F6O2/c1-5(8,9)7(12,13)6(10,11)3-2-4(14)15/h2-3H,1H3,(H,14,15). The smallest absolute Gasteiger partial charge is 0.375 e. The average molecular weight is 236 g/mol. The minimum Gasteiger partial charge on any atom is -0.478 e. The molecule has 0 aliphatic heterocycles. The van der Waals surface area contributed by atoms with Crippen LogP contribution in [0.3, 0.4) is 0 Å². The molecule has 0 aromatic rings. The molecule has 1 N–H and O–H groups in total. The number of hydrogen-bond acceptors (Lipinski definition) is 1. The SMILES string of the molecule is CC(F)(F)C(F)(F)C(F)(F)C=CC(=O)O. The van der Waals surface area contributed by atoms with Gasteiger partial charge in [-0.15, -0.1) is 0 Å². The maximum Gasteiger partial charge on any atom is 0.375 e. The second-order valence-electron chi connectivity index (χ2n) is 2.76. The molecule has 0 heterocycles. The third-order valence-electron chi connectivity index (χ3n) is 1.41. The average Bonchev–Trinajstić information content (AvgIpc) is 1.98. The summed E-state index contributed by atoms with van der Waals surface area (Å²) < 4.78 is 74.0. The van der Waals surface area contributed by atoms with Crippen LogP contribution >= 0.6 is 0 Å². The van der Waals surface area contributed by atoms with E-state index in [2.05, 4.69) is 0 Å². The summed E-state index contributed by atoms with van der Waals surface area (Å²) in [5.74, 6) is -17.8. The highest BCUT2D eigenvalue weighted by molar-refractivity contribution is 5.79. The third kappa shape index (κ3) is 2.87. The molecule has 0 rings (SSSR count). The highest BCUT2D eigenvalue weighted by Crippen LogP contribution is 2.45. The Morgan fingerprint density at radius 3 is 1.80 bits per heavy atom. The molecule has 0 aliphatic rings. The van der Waals surface area contributed by atoms with Crippen LogP contribution in [0, 0.1) is 0 Å². The van der Waals surface area contributed by atoms with Crippen molar-refractivity contribution in [3.8, 4) is 0 Å². The minimum atomic E-state index is -5.65. The number of allylic oxidation sites excluding steroid dienone is 1. The van der Waals surface area contributed by atoms with Crippen molar-refractivity contribution in [2.45, 2.75) is 24.7 Å². The first-order valence-corrected chi connectivity index (χ1v) is 3.47. The van der Waals surface area contributed by atoms with Gasteiger partial charge in [0.05, 0.1) is 0 Å². The largest absolute Gasteiger partial charge is 0.478 e. The Balaban J connectivity index is 5.10. The molecule has 0 bridgehead atoms. The predicted octanol–water partition coefficient (Wildman–Crippen LogP) is 2.55. The molecule has 0 aliphatic carbocycles. The maximum atomic E-state index is 12.5. The molecule has 0 radical (unpaired) electrons. The second-order valence-corrected chi connectivity index (χ2v) is 2.76. The molecular weight excluding hydrogens is 230 g/mol. The number of hydrogen-bond donors (Lipinski definition) is 1. The van der Waals surface area contributed by atoms with Crippen molar-refractivity contribution >= 4 is 5.97 Å². The summed E-state index contributed by atoms with van der Waals surface area (Å²) in [6.07, 6.45) is -1.09. The lowest BCUT2D eigenvalue weighted by Gasteiger charge is -2.28. The minimum absolute atomic E-state index is 0.320. The van der Waals surface area contributed by atoms with Gasteiger partial charge in [0, 0.05) is 13.0 Å². The molecule has 0 fully saturated rings. The lowest BCUT2D eigenvalue weighted by Crippen LogP contribution is -2.51. The fourth-order valence-corrected chi connectivity index (χ4v) is 0.573. The summed E-state index contributed by atoms with van der Waals surface area (Å²) in [4.78, 5) is 9.77. The number of halogens is 6. The normalized spacial score (nSPS) is 14.6. The van der Waals surface area contributed by atoms with Gasteiger partial charge in [0.25, 0.3) is 0 Å². The Hall–Kier alpha value is -1.21. The van der Waals surface area contributed by atoms with Gasteiger partial charge >= 0.3 is 23.7 Å². The van der Waals surface area contributed by atoms with E-state index < -0.39 is 29.8 Å². The van der Waals surface area contributed by atoms with E-state index in [9.17, 15) is 31.1 Å². The topological polar surface area (TPSA) is 37.3 Å². The van der Waals surface area contributed by atoms with Gasteiger partial charge in [-0.05, 0) is 6.08 Å². The van der Waals surface area contributed by atoms with Gasteiger partial charge in [-0.2, -0.15) is 26.3 Å². The Morgan fingerprint density at radius 1 is 1.13 bits per heavy atom. The second kappa shape index (κ2) is 3.74. The number of rotatable bonds is 4. The Kier molecular flexibility index (Phi) is 3.44. The van der Waals surface area contributed by atoms with Gasteiger partial charge in [-0.25, -0.2) is 4.79 Å². The van der Waals surface area contributed by atoms with Crippen LogP contribution in [0.2, 0.25) is 0 Å². The summed E-state index contributed by atoms with van der Waals surface area (Å²) in [5, 5.41) is 7.89. The van der Waals surface area contributed by atoms with E-state index in [4.69, 9.17) is 5.11 Å². The Morgan fingerprint density at radius 2 is 1.53 bits per heavy atom. The molecule has 0 saturated heterocycles. The van der Waals surface area contributed by atoms with Crippen molar-refractivity contribution in [2.75, 3.05) is 0 Å². The highest BCUT2D eigenvalue weighted by atomic mass is 19.3. The zero-order chi connectivity index (χ0) is 12.5. The summed E-state index contributed by atoms with van der Waals surface area (Å²) >= 11 is 0. The first-order valence-electron chi connectivity index (χ1n) is 3.47. The van der Waals surface area contributed by atoms with Crippen LogP contribution in [0.15, 0.2) is 12.2 Å². The fraction of sp³-hybridized carbons (Fsp3) is 0.571. The van der Waals surface area contributed by atoms with Crippen LogP contribution in [0.4, 0.5) is 26.3 Å². The third-order valence-corrected chi connectivity index (χ3v) is 1.41. The molecule has 15 heavy (non-hydrogen) atoms. The molecule has 88 valence electrons. The molecule has 0 saturated carbocycles. The summed E-state index contributed by atoms with van der Waals surface area (Å²) in [6.45, 7) is -0.379. The summed E-state index contributed by atoms with van der Waals surface area (Å²) in [7, 11) is 0. The monoisotopic (exact) mass is 236 g/mol. The van der Waals surface area contributed by atoms with Crippen molar-refractivity contribution < 1.29 is 36.2 Å². The lowest BCUT2D eigenvalue weighted by atomic mass is 10.1. The number of carbonyl (C=O) groups is 1. The fourth-order valence-electron chi connectivity index (χ4n) is 0.573. The van der Waals surface area contributed by atoms with Gasteiger partial charge in [0.1, 0.15) is 0 Å². The number of carboxylic acid groups (broad SMARTS) is 1. The van der Waals surface area contributed by atoms with Gasteiger partial charge < -0.3 is 5.11 Å². The van der Waals surface area contributed by atoms with E-state index >= 15 is 0 Å². The zero-order valence-electron chi connectivity index (χ0n) is 7.28. The Bertz CT molecular complexity index is 278. The van der Waals surface area contributed by atoms with E-state index in [0.717, 1.165) is 0 Å². The first-order chi connectivity index (χ1) is 6.42. The molecule has 8 heteroatoms. The molecule has 0 spiro atoms. The highest BCUT2D eigenvalue weighted by Gasteiger charge is 2.67. The molecule has 0 amide bonds. The van der Waals surface area contributed by atoms with Crippen LogP contribution in [0.5, 0.6) is 0 Å². The zero-order valence-corrected chi connectivity index (χ0v) is 7.28. The van der Waals surface area contributed by atoms with Crippen LogP contribution in [-0.2, 0) is 4.79 Å².